The molecule has 2 atom stereocenters. The molecule has 0 radical (unpaired) electrons. The molecule has 2 unspecified atom stereocenters. The number of nitrogens with zero attached hydrogens (tertiary/aromatic N) is 2. The Kier molecular flexibility index (Phi) is 7.60. The van der Waals surface area contributed by atoms with Crippen LogP contribution in [0.1, 0.15) is 33.1 Å². The van der Waals surface area contributed by atoms with Gasteiger partial charge in [-0.1, -0.05) is 13.8 Å². The molecule has 1 N–H and O–H groups in total. The van der Waals surface area contributed by atoms with Crippen molar-refractivity contribution in [1.82, 2.24) is 14.5 Å². The Bertz CT molecular complexity index is 386. The first kappa shape index (κ1) is 18.9. The molecule has 1 saturated heterocycles. The molecule has 0 amide bonds. The van der Waals surface area contributed by atoms with E-state index in [4.69, 9.17) is 0 Å². The molecule has 0 bridgehead atoms. The highest BCUT2D eigenvalue weighted by Gasteiger charge is 2.26. The first-order valence-corrected chi connectivity index (χ1v) is 9.86. The smallest absolute Gasteiger partial charge is 0.211 e. The van der Waals surface area contributed by atoms with Crippen LogP contribution < -0.4 is 5.32 Å². The van der Waals surface area contributed by atoms with Crippen LogP contribution in [0.4, 0.5) is 0 Å². The lowest BCUT2D eigenvalue weighted by Crippen LogP contribution is -2.46. The summed E-state index contributed by atoms with van der Waals surface area (Å²) >= 11 is 0. The van der Waals surface area contributed by atoms with E-state index in [1.54, 1.807) is 4.31 Å². The maximum absolute atomic E-state index is 11.7. The van der Waals surface area contributed by atoms with Crippen molar-refractivity contribution < 1.29 is 8.42 Å². The first-order chi connectivity index (χ1) is 9.68. The van der Waals surface area contributed by atoms with Gasteiger partial charge in [0.15, 0.2) is 0 Å². The highest BCUT2D eigenvalue weighted by Crippen LogP contribution is 2.18. The van der Waals surface area contributed by atoms with Gasteiger partial charge in [-0.05, 0) is 51.7 Å². The minimum atomic E-state index is -3.04. The largest absolute Gasteiger partial charge is 0.312 e. The summed E-state index contributed by atoms with van der Waals surface area (Å²) in [6.45, 7) is 7.79. The van der Waals surface area contributed by atoms with Gasteiger partial charge in [-0.25, -0.2) is 12.7 Å². The molecule has 0 saturated carbocycles. The Morgan fingerprint density at radius 2 is 2.00 bits per heavy atom. The van der Waals surface area contributed by atoms with Gasteiger partial charge in [0.05, 0.1) is 6.26 Å². The summed E-state index contributed by atoms with van der Waals surface area (Å²) < 4.78 is 25.0. The van der Waals surface area contributed by atoms with Crippen molar-refractivity contribution in [2.45, 2.75) is 39.2 Å². The van der Waals surface area contributed by atoms with Gasteiger partial charge < -0.3 is 10.2 Å². The SMILES string of the molecule is CC(C)CC(CN(C)C)NCC1CCCN(S(C)(=O)=O)C1. The Morgan fingerprint density at radius 1 is 1.33 bits per heavy atom. The second kappa shape index (κ2) is 8.46. The number of piperidine rings is 1. The van der Waals surface area contributed by atoms with Crippen molar-refractivity contribution in [3.63, 3.8) is 0 Å². The lowest BCUT2D eigenvalue weighted by Gasteiger charge is -2.33. The molecule has 126 valence electrons. The van der Waals surface area contributed by atoms with Crippen LogP contribution in [-0.2, 0) is 10.0 Å². The molecule has 0 spiro atoms. The zero-order valence-corrected chi connectivity index (χ0v) is 15.1. The molecule has 0 aliphatic carbocycles. The summed E-state index contributed by atoms with van der Waals surface area (Å²) in [4.78, 5) is 2.21. The average molecular weight is 320 g/mol. The number of likely N-dealkylation sites (N-methyl/N-ethyl adjacent to an activating group) is 1. The maximum atomic E-state index is 11.7. The fraction of sp³-hybridized carbons (Fsp3) is 1.00. The summed E-state index contributed by atoms with van der Waals surface area (Å²) in [6.07, 6.45) is 4.56. The Labute approximate surface area is 131 Å². The summed E-state index contributed by atoms with van der Waals surface area (Å²) in [5.41, 5.74) is 0. The van der Waals surface area contributed by atoms with Gasteiger partial charge in [-0.3, -0.25) is 0 Å². The molecule has 21 heavy (non-hydrogen) atoms. The zero-order valence-electron chi connectivity index (χ0n) is 14.3. The molecule has 1 aliphatic heterocycles. The molecule has 1 fully saturated rings. The quantitative estimate of drug-likeness (QED) is 0.731. The van der Waals surface area contributed by atoms with Gasteiger partial charge >= 0.3 is 0 Å². The zero-order chi connectivity index (χ0) is 16.0. The molecule has 1 rings (SSSR count). The van der Waals surface area contributed by atoms with Crippen molar-refractivity contribution >= 4 is 10.0 Å². The lowest BCUT2D eigenvalue weighted by atomic mass is 9.98. The van der Waals surface area contributed by atoms with Crippen molar-refractivity contribution in [2.24, 2.45) is 11.8 Å². The highest BCUT2D eigenvalue weighted by molar-refractivity contribution is 7.88. The van der Waals surface area contributed by atoms with E-state index in [9.17, 15) is 8.42 Å². The van der Waals surface area contributed by atoms with Crippen molar-refractivity contribution in [1.29, 1.82) is 0 Å². The molecule has 5 nitrogen and oxygen atoms in total. The van der Waals surface area contributed by atoms with Crippen LogP contribution in [-0.4, -0.2) is 70.2 Å². The average Bonchev–Trinajstić information content (AvgIpc) is 2.34. The van der Waals surface area contributed by atoms with Crippen LogP contribution in [0.15, 0.2) is 0 Å². The van der Waals surface area contributed by atoms with Crippen molar-refractivity contribution in [2.75, 3.05) is 46.5 Å². The maximum Gasteiger partial charge on any atom is 0.211 e. The minimum Gasteiger partial charge on any atom is -0.312 e. The summed E-state index contributed by atoms with van der Waals surface area (Å²) in [7, 11) is 1.16. The fourth-order valence-electron chi connectivity index (χ4n) is 3.06. The number of nitrogens with one attached hydrogen (secondary N) is 1. The third kappa shape index (κ3) is 7.58. The Balaban J connectivity index is 2.47. The molecule has 0 aromatic carbocycles. The Hall–Kier alpha value is -0.170. The molecule has 0 aromatic heterocycles. The van der Waals surface area contributed by atoms with Gasteiger partial charge in [-0.15, -0.1) is 0 Å². The molecule has 1 heterocycles. The monoisotopic (exact) mass is 319 g/mol. The molecule has 1 aliphatic rings. The fourth-order valence-corrected chi connectivity index (χ4v) is 4.00. The van der Waals surface area contributed by atoms with E-state index < -0.39 is 10.0 Å². The third-order valence-electron chi connectivity index (χ3n) is 3.99. The van der Waals surface area contributed by atoms with Crippen LogP contribution >= 0.6 is 0 Å². The van der Waals surface area contributed by atoms with Crippen molar-refractivity contribution in [3.8, 4) is 0 Å². The molecule has 0 aromatic rings. The van der Waals surface area contributed by atoms with Gasteiger partial charge in [0, 0.05) is 25.7 Å². The van der Waals surface area contributed by atoms with E-state index in [2.05, 4.69) is 38.2 Å². The lowest BCUT2D eigenvalue weighted by molar-refractivity contribution is 0.239. The standard InChI is InChI=1S/C15H33N3O2S/c1-13(2)9-15(12-17(3)4)16-10-14-7-6-8-18(11-14)21(5,19)20/h13-16H,6-12H2,1-5H3. The predicted molar refractivity (Wildman–Crippen MR) is 88.9 cm³/mol. The topological polar surface area (TPSA) is 52.6 Å². The van der Waals surface area contributed by atoms with Crippen LogP contribution in [0.5, 0.6) is 0 Å². The van der Waals surface area contributed by atoms with Crippen LogP contribution in [0.2, 0.25) is 0 Å². The number of sulfonamides is 1. The van der Waals surface area contributed by atoms with E-state index in [1.807, 2.05) is 0 Å². The number of hydrogen-bond acceptors (Lipinski definition) is 4. The summed E-state index contributed by atoms with van der Waals surface area (Å²) in [5, 5.41) is 3.66. The van der Waals surface area contributed by atoms with Crippen LogP contribution in [0.25, 0.3) is 0 Å². The van der Waals surface area contributed by atoms with Crippen molar-refractivity contribution in [3.05, 3.63) is 0 Å². The second-order valence-electron chi connectivity index (χ2n) is 7.13. The normalized spacial score (nSPS) is 22.9. The highest BCUT2D eigenvalue weighted by atomic mass is 32.2. The van der Waals surface area contributed by atoms with E-state index >= 15 is 0 Å². The minimum absolute atomic E-state index is 0.435. The van der Waals surface area contributed by atoms with Gasteiger partial charge in [0.1, 0.15) is 0 Å². The van der Waals surface area contributed by atoms with E-state index in [0.29, 0.717) is 31.0 Å². The number of rotatable bonds is 8. The summed E-state index contributed by atoms with van der Waals surface area (Å²) in [5.74, 6) is 1.10. The van der Waals surface area contributed by atoms with Gasteiger partial charge in [-0.2, -0.15) is 0 Å². The predicted octanol–water partition coefficient (Wildman–Crippen LogP) is 1.22. The molecular formula is C15H33N3O2S. The van der Waals surface area contributed by atoms with Gasteiger partial charge in [0.2, 0.25) is 10.0 Å². The van der Waals surface area contributed by atoms with E-state index in [-0.39, 0.29) is 0 Å². The number of hydrogen-bond donors (Lipinski definition) is 1. The molecular weight excluding hydrogens is 286 g/mol. The summed E-state index contributed by atoms with van der Waals surface area (Å²) in [6, 6.07) is 0.480. The third-order valence-corrected chi connectivity index (χ3v) is 5.26. The van der Waals surface area contributed by atoms with Gasteiger partial charge in [0.25, 0.3) is 0 Å². The van der Waals surface area contributed by atoms with E-state index in [1.165, 1.54) is 6.26 Å². The molecule has 6 heteroatoms. The first-order valence-electron chi connectivity index (χ1n) is 8.01. The Morgan fingerprint density at radius 3 is 2.52 bits per heavy atom. The van der Waals surface area contributed by atoms with Crippen LogP contribution in [0, 0.1) is 11.8 Å². The van der Waals surface area contributed by atoms with Crippen LogP contribution in [0.3, 0.4) is 0 Å². The second-order valence-corrected chi connectivity index (χ2v) is 9.11. The van der Waals surface area contributed by atoms with E-state index in [0.717, 1.165) is 32.4 Å².